The molecule has 0 bridgehead atoms. The first-order valence-electron chi connectivity index (χ1n) is 5.88. The lowest BCUT2D eigenvalue weighted by molar-refractivity contribution is 0.496. The molecule has 5 heteroatoms. The normalized spacial score (nSPS) is 14.6. The maximum absolute atomic E-state index is 13.7. The number of nitrogens with one attached hydrogen (secondary N) is 1. The van der Waals surface area contributed by atoms with Crippen molar-refractivity contribution >= 4 is 0 Å². The second-order valence-electron chi connectivity index (χ2n) is 4.48. The van der Waals surface area contributed by atoms with Crippen molar-refractivity contribution < 1.29 is 13.2 Å². The van der Waals surface area contributed by atoms with Gasteiger partial charge in [0.25, 0.3) is 0 Å². The maximum Gasteiger partial charge on any atom is 0.161 e. The van der Waals surface area contributed by atoms with Crippen LogP contribution in [-0.2, 0) is 12.8 Å². The molecule has 94 valence electrons. The number of aromatic amines is 1. The molecule has 0 aliphatic heterocycles. The third-order valence-corrected chi connectivity index (χ3v) is 3.32. The highest BCUT2D eigenvalue weighted by molar-refractivity contribution is 5.65. The molecule has 0 saturated heterocycles. The van der Waals surface area contributed by atoms with E-state index >= 15 is 0 Å². The van der Waals surface area contributed by atoms with Crippen molar-refractivity contribution in [2.24, 2.45) is 0 Å². The molecule has 0 radical (unpaired) electrons. The molecular formula is C13H11F3N2. The van der Waals surface area contributed by atoms with E-state index in [-0.39, 0.29) is 5.56 Å². The monoisotopic (exact) mass is 252 g/mol. The molecule has 2 nitrogen and oxygen atoms in total. The van der Waals surface area contributed by atoms with Crippen molar-refractivity contribution in [3.8, 4) is 11.3 Å². The maximum atomic E-state index is 13.7. The lowest BCUT2D eigenvalue weighted by atomic mass is 9.93. The van der Waals surface area contributed by atoms with Crippen LogP contribution < -0.4 is 0 Å². The van der Waals surface area contributed by atoms with Gasteiger partial charge in [-0.15, -0.1) is 0 Å². The van der Waals surface area contributed by atoms with Crippen LogP contribution >= 0.6 is 0 Å². The summed E-state index contributed by atoms with van der Waals surface area (Å²) in [5.74, 6) is -3.02. The standard InChI is InChI=1S/C13H11F3N2/c14-9-6-11(16)10(15)5-8(9)13-7-3-1-2-4-12(7)17-18-13/h5-6H,1-4H2,(H,17,18). The first-order chi connectivity index (χ1) is 8.66. The average Bonchev–Trinajstić information content (AvgIpc) is 2.78. The molecule has 3 rings (SSSR count). The number of halogens is 3. The van der Waals surface area contributed by atoms with Gasteiger partial charge in [-0.05, 0) is 31.7 Å². The molecule has 2 aromatic rings. The van der Waals surface area contributed by atoms with E-state index in [1.807, 2.05) is 0 Å². The Morgan fingerprint density at radius 2 is 1.67 bits per heavy atom. The minimum atomic E-state index is -1.18. The van der Waals surface area contributed by atoms with Crippen molar-refractivity contribution in [1.29, 1.82) is 0 Å². The van der Waals surface area contributed by atoms with Gasteiger partial charge < -0.3 is 0 Å². The van der Waals surface area contributed by atoms with Crippen molar-refractivity contribution in [1.82, 2.24) is 10.2 Å². The van der Waals surface area contributed by atoms with Gasteiger partial charge in [-0.3, -0.25) is 5.10 Å². The van der Waals surface area contributed by atoms with Crippen LogP contribution in [-0.4, -0.2) is 10.2 Å². The van der Waals surface area contributed by atoms with Gasteiger partial charge in [0.2, 0.25) is 0 Å². The molecule has 18 heavy (non-hydrogen) atoms. The summed E-state index contributed by atoms with van der Waals surface area (Å²) in [5.41, 5.74) is 2.32. The van der Waals surface area contributed by atoms with E-state index in [1.54, 1.807) is 0 Å². The Labute approximate surface area is 102 Å². The molecule has 1 heterocycles. The summed E-state index contributed by atoms with van der Waals surface area (Å²) in [6.45, 7) is 0. The van der Waals surface area contributed by atoms with E-state index in [0.29, 0.717) is 11.8 Å². The fraction of sp³-hybridized carbons (Fsp3) is 0.308. The van der Waals surface area contributed by atoms with Gasteiger partial charge in [-0.2, -0.15) is 5.10 Å². The SMILES string of the molecule is Fc1cc(F)c(-c2n[nH]c3c2CCCC3)cc1F. The summed E-state index contributed by atoms with van der Waals surface area (Å²) in [6.07, 6.45) is 3.73. The number of hydrogen-bond donors (Lipinski definition) is 1. The molecule has 1 aliphatic carbocycles. The second kappa shape index (κ2) is 4.15. The zero-order valence-corrected chi connectivity index (χ0v) is 9.56. The van der Waals surface area contributed by atoms with E-state index in [1.165, 1.54) is 0 Å². The third kappa shape index (κ3) is 1.70. The van der Waals surface area contributed by atoms with Crippen LogP contribution in [0.4, 0.5) is 13.2 Å². The number of rotatable bonds is 1. The molecule has 0 atom stereocenters. The lowest BCUT2D eigenvalue weighted by Gasteiger charge is -2.11. The predicted octanol–water partition coefficient (Wildman–Crippen LogP) is 3.37. The quantitative estimate of drug-likeness (QED) is 0.774. The van der Waals surface area contributed by atoms with Crippen LogP contribution in [0.5, 0.6) is 0 Å². The molecule has 0 amide bonds. The van der Waals surface area contributed by atoms with Gasteiger partial charge in [0.15, 0.2) is 11.6 Å². The molecule has 1 aromatic carbocycles. The molecule has 0 saturated carbocycles. The summed E-state index contributed by atoms with van der Waals surface area (Å²) >= 11 is 0. The van der Waals surface area contributed by atoms with Crippen molar-refractivity contribution in [3.63, 3.8) is 0 Å². The van der Waals surface area contributed by atoms with Crippen LogP contribution in [0, 0.1) is 17.5 Å². The van der Waals surface area contributed by atoms with Gasteiger partial charge >= 0.3 is 0 Å². The smallest absolute Gasteiger partial charge is 0.161 e. The summed E-state index contributed by atoms with van der Waals surface area (Å²) in [7, 11) is 0. The first kappa shape index (κ1) is 11.3. The lowest BCUT2D eigenvalue weighted by Crippen LogP contribution is -2.02. The van der Waals surface area contributed by atoms with Gasteiger partial charge in [-0.1, -0.05) is 0 Å². The van der Waals surface area contributed by atoms with E-state index in [4.69, 9.17) is 0 Å². The van der Waals surface area contributed by atoms with Gasteiger partial charge in [0, 0.05) is 22.9 Å². The van der Waals surface area contributed by atoms with Crippen LogP contribution in [0.3, 0.4) is 0 Å². The Bertz CT molecular complexity index is 605. The minimum Gasteiger partial charge on any atom is -0.282 e. The Balaban J connectivity index is 2.15. The number of aromatic nitrogens is 2. The number of fused-ring (bicyclic) bond motifs is 1. The highest BCUT2D eigenvalue weighted by atomic mass is 19.2. The number of hydrogen-bond acceptors (Lipinski definition) is 1. The number of benzene rings is 1. The zero-order valence-electron chi connectivity index (χ0n) is 9.56. The topological polar surface area (TPSA) is 28.7 Å². The molecular weight excluding hydrogens is 241 g/mol. The first-order valence-corrected chi connectivity index (χ1v) is 5.88. The van der Waals surface area contributed by atoms with Crippen molar-refractivity contribution in [2.45, 2.75) is 25.7 Å². The van der Waals surface area contributed by atoms with Gasteiger partial charge in [-0.25, -0.2) is 13.2 Å². The predicted molar refractivity (Wildman–Crippen MR) is 60.5 cm³/mol. The molecule has 1 aromatic heterocycles. The third-order valence-electron chi connectivity index (χ3n) is 3.32. The molecule has 1 aliphatic rings. The zero-order chi connectivity index (χ0) is 12.7. The van der Waals surface area contributed by atoms with E-state index in [0.717, 1.165) is 43.0 Å². The highest BCUT2D eigenvalue weighted by Gasteiger charge is 2.21. The van der Waals surface area contributed by atoms with Crippen LogP contribution in [0.1, 0.15) is 24.1 Å². The van der Waals surface area contributed by atoms with Gasteiger partial charge in [0.1, 0.15) is 5.82 Å². The fourth-order valence-electron chi connectivity index (χ4n) is 2.41. The summed E-state index contributed by atoms with van der Waals surface area (Å²) in [5, 5.41) is 6.90. The second-order valence-corrected chi connectivity index (χ2v) is 4.48. The van der Waals surface area contributed by atoms with E-state index in [9.17, 15) is 13.2 Å². The fourth-order valence-corrected chi connectivity index (χ4v) is 2.41. The van der Waals surface area contributed by atoms with Gasteiger partial charge in [0.05, 0.1) is 5.69 Å². The van der Waals surface area contributed by atoms with Crippen LogP contribution in [0.15, 0.2) is 12.1 Å². The molecule has 0 fully saturated rings. The molecule has 0 spiro atoms. The summed E-state index contributed by atoms with van der Waals surface area (Å²) < 4.78 is 39.8. The van der Waals surface area contributed by atoms with Crippen molar-refractivity contribution in [3.05, 3.63) is 40.8 Å². The highest BCUT2D eigenvalue weighted by Crippen LogP contribution is 2.31. The average molecular weight is 252 g/mol. The summed E-state index contributed by atoms with van der Waals surface area (Å²) in [6, 6.07) is 1.43. The minimum absolute atomic E-state index is 0.0216. The number of nitrogens with zero attached hydrogens (tertiary/aromatic N) is 1. The Hall–Kier alpha value is -1.78. The van der Waals surface area contributed by atoms with Crippen molar-refractivity contribution in [2.75, 3.05) is 0 Å². The van der Waals surface area contributed by atoms with Crippen LogP contribution in [0.2, 0.25) is 0 Å². The number of H-pyrrole nitrogens is 1. The Morgan fingerprint density at radius 1 is 0.944 bits per heavy atom. The Morgan fingerprint density at radius 3 is 2.50 bits per heavy atom. The van der Waals surface area contributed by atoms with E-state index in [2.05, 4.69) is 10.2 Å². The van der Waals surface area contributed by atoms with Crippen LogP contribution in [0.25, 0.3) is 11.3 Å². The summed E-state index contributed by atoms with van der Waals surface area (Å²) in [4.78, 5) is 0. The van der Waals surface area contributed by atoms with E-state index < -0.39 is 17.5 Å². The molecule has 0 unspecified atom stereocenters. The largest absolute Gasteiger partial charge is 0.282 e. The Kier molecular flexibility index (Phi) is 2.61. The number of aryl methyl sites for hydroxylation is 1. The molecule has 1 N–H and O–H groups in total.